The summed E-state index contributed by atoms with van der Waals surface area (Å²) in [7, 11) is 0. The maximum Gasteiger partial charge on any atom is 0.181 e. The van der Waals surface area contributed by atoms with Crippen molar-refractivity contribution in [1.29, 1.82) is 0 Å². The summed E-state index contributed by atoms with van der Waals surface area (Å²) in [5.74, 6) is 2.61. The van der Waals surface area contributed by atoms with E-state index < -0.39 is 0 Å². The van der Waals surface area contributed by atoms with Crippen LogP contribution in [-0.4, -0.2) is 4.98 Å². The summed E-state index contributed by atoms with van der Waals surface area (Å²) in [5, 5.41) is 0.682. The lowest BCUT2D eigenvalue weighted by atomic mass is 10.1. The molecule has 0 amide bonds. The van der Waals surface area contributed by atoms with Gasteiger partial charge in [-0.1, -0.05) is 15.9 Å². The molecule has 0 aliphatic heterocycles. The van der Waals surface area contributed by atoms with Gasteiger partial charge in [-0.05, 0) is 20.8 Å². The van der Waals surface area contributed by atoms with Crippen LogP contribution in [-0.2, 0) is 5.33 Å². The monoisotopic (exact) mass is 269 g/mol. The van der Waals surface area contributed by atoms with Gasteiger partial charge in [0.05, 0.1) is 11.3 Å². The molecule has 2 aromatic heterocycles. The van der Waals surface area contributed by atoms with E-state index >= 15 is 0 Å². The van der Waals surface area contributed by atoms with Crippen molar-refractivity contribution in [2.45, 2.75) is 26.1 Å². The number of aryl methyl sites for hydroxylation is 2. The molecule has 0 fully saturated rings. The van der Waals surface area contributed by atoms with E-state index in [0.717, 1.165) is 34.1 Å². The molecule has 0 radical (unpaired) electrons. The summed E-state index contributed by atoms with van der Waals surface area (Å²) in [6, 6.07) is 0. The molecule has 2 aromatic rings. The molecule has 4 heteroatoms. The molecule has 0 N–H and O–H groups in total. The van der Waals surface area contributed by atoms with Crippen molar-refractivity contribution in [3.63, 3.8) is 0 Å². The van der Waals surface area contributed by atoms with Gasteiger partial charge in [0, 0.05) is 10.9 Å². The molecule has 0 bridgehead atoms. The molecule has 80 valence electrons. The second-order valence-corrected chi connectivity index (χ2v) is 4.04. The molecular weight excluding hydrogens is 258 g/mol. The number of rotatable bonds is 2. The maximum atomic E-state index is 5.57. The van der Waals surface area contributed by atoms with Gasteiger partial charge in [-0.2, -0.15) is 0 Å². The third-order valence-electron chi connectivity index (χ3n) is 2.56. The maximum absolute atomic E-state index is 5.57. The predicted octanol–water partition coefficient (Wildman–Crippen LogP) is 3.75. The minimum atomic E-state index is 0.682. The van der Waals surface area contributed by atoms with Crippen LogP contribution in [0.1, 0.15) is 22.8 Å². The molecular formula is C11H12BrNO2. The Bertz CT molecular complexity index is 485. The van der Waals surface area contributed by atoms with Gasteiger partial charge in [0.2, 0.25) is 0 Å². The molecule has 0 saturated heterocycles. The molecule has 0 atom stereocenters. The Morgan fingerprint density at radius 1 is 1.27 bits per heavy atom. The summed E-state index contributed by atoms with van der Waals surface area (Å²) in [6.07, 6.45) is 1.47. The molecule has 0 unspecified atom stereocenters. The second-order valence-electron chi connectivity index (χ2n) is 3.48. The van der Waals surface area contributed by atoms with E-state index in [1.165, 1.54) is 6.39 Å². The number of aromatic nitrogens is 1. The second kappa shape index (κ2) is 3.85. The summed E-state index contributed by atoms with van der Waals surface area (Å²) < 4.78 is 11.0. The quantitative estimate of drug-likeness (QED) is 0.780. The van der Waals surface area contributed by atoms with Gasteiger partial charge in [-0.15, -0.1) is 0 Å². The topological polar surface area (TPSA) is 39.2 Å². The largest absolute Gasteiger partial charge is 0.466 e. The van der Waals surface area contributed by atoms with Gasteiger partial charge in [-0.25, -0.2) is 4.98 Å². The normalized spacial score (nSPS) is 10.9. The van der Waals surface area contributed by atoms with Crippen molar-refractivity contribution in [1.82, 2.24) is 4.98 Å². The number of nitrogens with zero attached hydrogens (tertiary/aromatic N) is 1. The number of halogens is 1. The molecule has 15 heavy (non-hydrogen) atoms. The summed E-state index contributed by atoms with van der Waals surface area (Å²) in [6.45, 7) is 5.92. The number of hydrogen-bond donors (Lipinski definition) is 0. The molecule has 2 rings (SSSR count). The number of hydrogen-bond acceptors (Lipinski definition) is 3. The first-order chi connectivity index (χ1) is 7.15. The Morgan fingerprint density at radius 3 is 2.53 bits per heavy atom. The Balaban J connectivity index is 2.63. The average molecular weight is 270 g/mol. The first-order valence-corrected chi connectivity index (χ1v) is 5.82. The van der Waals surface area contributed by atoms with E-state index in [4.69, 9.17) is 8.83 Å². The molecule has 2 heterocycles. The SMILES string of the molecule is Cc1oc(C)c(-c2ocnc2CBr)c1C. The van der Waals surface area contributed by atoms with Crippen LogP contribution in [0.25, 0.3) is 11.3 Å². The van der Waals surface area contributed by atoms with Crippen molar-refractivity contribution in [2.24, 2.45) is 0 Å². The van der Waals surface area contributed by atoms with E-state index in [-0.39, 0.29) is 0 Å². The van der Waals surface area contributed by atoms with Gasteiger partial charge < -0.3 is 8.83 Å². The van der Waals surface area contributed by atoms with Crippen LogP contribution in [0.2, 0.25) is 0 Å². The minimum absolute atomic E-state index is 0.682. The van der Waals surface area contributed by atoms with Crippen molar-refractivity contribution in [3.8, 4) is 11.3 Å². The van der Waals surface area contributed by atoms with Crippen LogP contribution in [0, 0.1) is 20.8 Å². The zero-order valence-electron chi connectivity index (χ0n) is 8.93. The number of alkyl halides is 1. The van der Waals surface area contributed by atoms with Crippen LogP contribution in [0.15, 0.2) is 15.2 Å². The van der Waals surface area contributed by atoms with E-state index in [2.05, 4.69) is 20.9 Å². The highest BCUT2D eigenvalue weighted by Crippen LogP contribution is 2.33. The van der Waals surface area contributed by atoms with Crippen LogP contribution in [0.5, 0.6) is 0 Å². The number of furan rings is 1. The standard InChI is InChI=1S/C11H12BrNO2/c1-6-7(2)15-8(3)10(6)11-9(4-12)13-5-14-11/h5H,4H2,1-3H3. The van der Waals surface area contributed by atoms with Gasteiger partial charge in [0.1, 0.15) is 11.5 Å². The third-order valence-corrected chi connectivity index (χ3v) is 3.09. The zero-order valence-corrected chi connectivity index (χ0v) is 10.5. The van der Waals surface area contributed by atoms with E-state index in [1.54, 1.807) is 0 Å². The lowest BCUT2D eigenvalue weighted by molar-refractivity contribution is 0.501. The third kappa shape index (κ3) is 1.63. The molecule has 0 aromatic carbocycles. The highest BCUT2D eigenvalue weighted by Gasteiger charge is 2.19. The number of oxazole rings is 1. The Morgan fingerprint density at radius 2 is 2.00 bits per heavy atom. The van der Waals surface area contributed by atoms with Gasteiger partial charge in [0.25, 0.3) is 0 Å². The van der Waals surface area contributed by atoms with Crippen molar-refractivity contribution >= 4 is 15.9 Å². The Labute approximate surface area is 96.6 Å². The fourth-order valence-corrected chi connectivity index (χ4v) is 2.09. The fourth-order valence-electron chi connectivity index (χ4n) is 1.70. The lowest BCUT2D eigenvalue weighted by Crippen LogP contribution is -1.85. The molecule has 3 nitrogen and oxygen atoms in total. The molecule has 0 saturated carbocycles. The Hall–Kier alpha value is -1.03. The van der Waals surface area contributed by atoms with Crippen LogP contribution in [0.3, 0.4) is 0 Å². The average Bonchev–Trinajstić information content (AvgIpc) is 2.73. The molecule has 0 aliphatic rings. The minimum Gasteiger partial charge on any atom is -0.466 e. The van der Waals surface area contributed by atoms with Gasteiger partial charge >= 0.3 is 0 Å². The highest BCUT2D eigenvalue weighted by atomic mass is 79.9. The van der Waals surface area contributed by atoms with Crippen molar-refractivity contribution in [3.05, 3.63) is 29.2 Å². The fraction of sp³-hybridized carbons (Fsp3) is 0.364. The predicted molar refractivity (Wildman–Crippen MR) is 61.0 cm³/mol. The summed E-state index contributed by atoms with van der Waals surface area (Å²) >= 11 is 3.39. The molecule has 0 aliphatic carbocycles. The van der Waals surface area contributed by atoms with Crippen LogP contribution >= 0.6 is 15.9 Å². The van der Waals surface area contributed by atoms with E-state index in [9.17, 15) is 0 Å². The van der Waals surface area contributed by atoms with Gasteiger partial charge in [-0.3, -0.25) is 0 Å². The lowest BCUT2D eigenvalue weighted by Gasteiger charge is -1.98. The van der Waals surface area contributed by atoms with E-state index in [0.29, 0.717) is 5.33 Å². The first kappa shape index (κ1) is 10.5. The van der Waals surface area contributed by atoms with Crippen molar-refractivity contribution in [2.75, 3.05) is 0 Å². The first-order valence-electron chi connectivity index (χ1n) is 4.70. The smallest absolute Gasteiger partial charge is 0.181 e. The van der Waals surface area contributed by atoms with Crippen LogP contribution < -0.4 is 0 Å². The van der Waals surface area contributed by atoms with Crippen LogP contribution in [0.4, 0.5) is 0 Å². The Kier molecular flexibility index (Phi) is 2.69. The highest BCUT2D eigenvalue weighted by molar-refractivity contribution is 9.08. The summed E-state index contributed by atoms with van der Waals surface area (Å²) in [5.41, 5.74) is 3.05. The van der Waals surface area contributed by atoms with Gasteiger partial charge in [0.15, 0.2) is 12.2 Å². The van der Waals surface area contributed by atoms with E-state index in [1.807, 2.05) is 20.8 Å². The molecule has 0 spiro atoms. The zero-order chi connectivity index (χ0) is 11.0. The van der Waals surface area contributed by atoms with Crippen molar-refractivity contribution < 1.29 is 8.83 Å². The summed E-state index contributed by atoms with van der Waals surface area (Å²) in [4.78, 5) is 4.15.